The van der Waals surface area contributed by atoms with E-state index in [1.54, 1.807) is 12.4 Å². The Bertz CT molecular complexity index is 579. The van der Waals surface area contributed by atoms with Crippen LogP contribution in [0.1, 0.15) is 17.0 Å². The second-order valence-corrected chi connectivity index (χ2v) is 4.19. The van der Waals surface area contributed by atoms with Crippen LogP contribution in [0.4, 0.5) is 13.2 Å². The summed E-state index contributed by atoms with van der Waals surface area (Å²) >= 11 is 0. The van der Waals surface area contributed by atoms with Crippen molar-refractivity contribution in [2.75, 3.05) is 0 Å². The minimum Gasteiger partial charge on any atom is -0.349 e. The molecule has 106 valence electrons. The van der Waals surface area contributed by atoms with E-state index >= 15 is 0 Å². The van der Waals surface area contributed by atoms with Gasteiger partial charge in [-0.05, 0) is 11.6 Å². The van der Waals surface area contributed by atoms with Gasteiger partial charge < -0.3 is 10.3 Å². The average molecular weight is 283 g/mol. The van der Waals surface area contributed by atoms with Crippen molar-refractivity contribution in [3.63, 3.8) is 0 Å². The number of benzene rings is 1. The first-order chi connectivity index (χ1) is 9.45. The molecule has 0 spiro atoms. The fourth-order valence-electron chi connectivity index (χ4n) is 1.68. The summed E-state index contributed by atoms with van der Waals surface area (Å²) in [5.74, 6) is 0.225. The van der Waals surface area contributed by atoms with E-state index in [1.165, 1.54) is 12.1 Å². The molecule has 0 aliphatic rings. The van der Waals surface area contributed by atoms with E-state index in [0.717, 1.165) is 12.1 Å². The number of carbonyl (C=O) groups excluding carboxylic acids is 1. The molecule has 0 aliphatic carbocycles. The zero-order chi connectivity index (χ0) is 14.6. The van der Waals surface area contributed by atoms with Crippen LogP contribution in [-0.2, 0) is 23.9 Å². The largest absolute Gasteiger partial charge is 0.416 e. The fraction of sp³-hybridized carbons (Fsp3) is 0.231. The lowest BCUT2D eigenvalue weighted by molar-refractivity contribution is -0.137. The molecule has 20 heavy (non-hydrogen) atoms. The van der Waals surface area contributed by atoms with Gasteiger partial charge in [-0.3, -0.25) is 4.79 Å². The third kappa shape index (κ3) is 3.84. The Hall–Kier alpha value is -2.31. The van der Waals surface area contributed by atoms with Gasteiger partial charge in [0.2, 0.25) is 5.91 Å². The zero-order valence-corrected chi connectivity index (χ0v) is 10.4. The number of rotatable bonds is 4. The van der Waals surface area contributed by atoms with Gasteiger partial charge in [-0.15, -0.1) is 0 Å². The summed E-state index contributed by atoms with van der Waals surface area (Å²) in [5.41, 5.74) is -0.439. The quantitative estimate of drug-likeness (QED) is 0.904. The van der Waals surface area contributed by atoms with E-state index in [-0.39, 0.29) is 18.9 Å². The van der Waals surface area contributed by atoms with Gasteiger partial charge >= 0.3 is 6.18 Å². The van der Waals surface area contributed by atoms with Crippen molar-refractivity contribution in [1.29, 1.82) is 0 Å². The van der Waals surface area contributed by atoms with Crippen molar-refractivity contribution in [3.8, 4) is 0 Å². The summed E-state index contributed by atoms with van der Waals surface area (Å²) in [4.78, 5) is 18.4. The van der Waals surface area contributed by atoms with Crippen LogP contribution in [0.15, 0.2) is 36.7 Å². The van der Waals surface area contributed by atoms with Gasteiger partial charge in [-0.1, -0.05) is 18.2 Å². The molecular weight excluding hydrogens is 271 g/mol. The minimum absolute atomic E-state index is 0.107. The summed E-state index contributed by atoms with van der Waals surface area (Å²) in [6.07, 6.45) is -1.34. The Kier molecular flexibility index (Phi) is 4.07. The maximum absolute atomic E-state index is 12.5. The number of aromatic nitrogens is 2. The number of nitrogens with one attached hydrogen (secondary N) is 2. The van der Waals surface area contributed by atoms with Crippen LogP contribution in [0, 0.1) is 0 Å². The summed E-state index contributed by atoms with van der Waals surface area (Å²) in [6, 6.07) is 4.73. The Morgan fingerprint density at radius 1 is 1.35 bits per heavy atom. The number of aromatic amines is 1. The van der Waals surface area contributed by atoms with Gasteiger partial charge in [0.05, 0.1) is 18.5 Å². The molecule has 0 atom stereocenters. The lowest BCUT2D eigenvalue weighted by atomic mass is 10.1. The third-order valence-electron chi connectivity index (χ3n) is 2.63. The summed E-state index contributed by atoms with van der Waals surface area (Å²) in [6.45, 7) is 0.213. The highest BCUT2D eigenvalue weighted by Gasteiger charge is 2.30. The maximum atomic E-state index is 12.5. The predicted molar refractivity (Wildman–Crippen MR) is 65.6 cm³/mol. The number of imidazole rings is 1. The predicted octanol–water partition coefficient (Wildman–Crippen LogP) is 2.29. The molecule has 0 unspecified atom stereocenters. The van der Waals surface area contributed by atoms with Crippen molar-refractivity contribution in [2.24, 2.45) is 0 Å². The first-order valence-electron chi connectivity index (χ1n) is 5.86. The lowest BCUT2D eigenvalue weighted by Gasteiger charge is -2.08. The van der Waals surface area contributed by atoms with Crippen LogP contribution in [-0.4, -0.2) is 15.9 Å². The van der Waals surface area contributed by atoms with Crippen molar-refractivity contribution in [1.82, 2.24) is 15.3 Å². The first-order valence-corrected chi connectivity index (χ1v) is 5.86. The number of alkyl halides is 3. The van der Waals surface area contributed by atoms with Gasteiger partial charge in [0, 0.05) is 12.4 Å². The topological polar surface area (TPSA) is 57.8 Å². The van der Waals surface area contributed by atoms with E-state index in [0.29, 0.717) is 11.4 Å². The normalized spacial score (nSPS) is 11.3. The van der Waals surface area contributed by atoms with Crippen molar-refractivity contribution < 1.29 is 18.0 Å². The molecular formula is C13H12F3N3O. The van der Waals surface area contributed by atoms with Crippen LogP contribution in [0.5, 0.6) is 0 Å². The summed E-state index contributed by atoms with van der Waals surface area (Å²) < 4.78 is 37.6. The molecule has 0 bridgehead atoms. The van der Waals surface area contributed by atoms with Crippen molar-refractivity contribution >= 4 is 5.91 Å². The molecule has 0 aliphatic heterocycles. The minimum atomic E-state index is -4.40. The molecule has 1 amide bonds. The van der Waals surface area contributed by atoms with Gasteiger partial charge in [0.15, 0.2) is 0 Å². The Morgan fingerprint density at radius 2 is 2.15 bits per heavy atom. The number of carbonyl (C=O) groups is 1. The molecule has 0 fully saturated rings. The summed E-state index contributed by atoms with van der Waals surface area (Å²) in [5, 5.41) is 2.58. The van der Waals surface area contributed by atoms with Gasteiger partial charge in [-0.2, -0.15) is 13.2 Å². The fourth-order valence-corrected chi connectivity index (χ4v) is 1.68. The van der Waals surface area contributed by atoms with Crippen LogP contribution in [0.3, 0.4) is 0 Å². The number of halogens is 3. The van der Waals surface area contributed by atoms with E-state index in [4.69, 9.17) is 0 Å². The highest BCUT2D eigenvalue weighted by atomic mass is 19.4. The molecule has 2 rings (SSSR count). The van der Waals surface area contributed by atoms with Gasteiger partial charge in [0.1, 0.15) is 5.82 Å². The van der Waals surface area contributed by atoms with E-state index in [9.17, 15) is 18.0 Å². The van der Waals surface area contributed by atoms with Gasteiger partial charge in [0.25, 0.3) is 0 Å². The molecule has 4 nitrogen and oxygen atoms in total. The molecule has 7 heteroatoms. The standard InChI is InChI=1S/C13H12F3N3O/c14-13(15,16)10-3-1-2-9(6-10)7-12(20)19-8-11-17-4-5-18-11/h1-6H,7-8H2,(H,17,18)(H,19,20). The van der Waals surface area contributed by atoms with Crippen LogP contribution < -0.4 is 5.32 Å². The van der Waals surface area contributed by atoms with Crippen molar-refractivity contribution in [2.45, 2.75) is 19.1 Å². The average Bonchev–Trinajstić information content (AvgIpc) is 2.89. The monoisotopic (exact) mass is 283 g/mol. The molecule has 0 saturated heterocycles. The molecule has 0 radical (unpaired) electrons. The Labute approximate surface area is 113 Å². The highest BCUT2D eigenvalue weighted by molar-refractivity contribution is 5.78. The SMILES string of the molecule is O=C(Cc1cccc(C(F)(F)F)c1)NCc1ncc[nH]1. The number of H-pyrrole nitrogens is 1. The first kappa shape index (κ1) is 14.1. The maximum Gasteiger partial charge on any atom is 0.416 e. The Morgan fingerprint density at radius 3 is 2.80 bits per heavy atom. The third-order valence-corrected chi connectivity index (χ3v) is 2.63. The second-order valence-electron chi connectivity index (χ2n) is 4.19. The molecule has 2 N–H and O–H groups in total. The van der Waals surface area contributed by atoms with Crippen LogP contribution >= 0.6 is 0 Å². The molecule has 2 aromatic rings. The summed E-state index contributed by atoms with van der Waals surface area (Å²) in [7, 11) is 0. The zero-order valence-electron chi connectivity index (χ0n) is 10.4. The van der Waals surface area contributed by atoms with E-state index < -0.39 is 11.7 Å². The van der Waals surface area contributed by atoms with E-state index in [2.05, 4.69) is 15.3 Å². The number of hydrogen-bond acceptors (Lipinski definition) is 2. The smallest absolute Gasteiger partial charge is 0.349 e. The van der Waals surface area contributed by atoms with Crippen LogP contribution in [0.2, 0.25) is 0 Å². The number of nitrogens with zero attached hydrogens (tertiary/aromatic N) is 1. The molecule has 1 heterocycles. The number of amides is 1. The van der Waals surface area contributed by atoms with Crippen molar-refractivity contribution in [3.05, 3.63) is 53.6 Å². The van der Waals surface area contributed by atoms with Crippen LogP contribution in [0.25, 0.3) is 0 Å². The highest BCUT2D eigenvalue weighted by Crippen LogP contribution is 2.29. The number of hydrogen-bond donors (Lipinski definition) is 2. The van der Waals surface area contributed by atoms with E-state index in [1.807, 2.05) is 0 Å². The van der Waals surface area contributed by atoms with Gasteiger partial charge in [-0.25, -0.2) is 4.98 Å². The lowest BCUT2D eigenvalue weighted by Crippen LogP contribution is -2.25. The molecule has 1 aromatic carbocycles. The second kappa shape index (κ2) is 5.77. The Balaban J connectivity index is 1.94. The molecule has 1 aromatic heterocycles. The molecule has 0 saturated carbocycles.